The minimum Gasteiger partial charge on any atom is -0.465 e. The van der Waals surface area contributed by atoms with Crippen LogP contribution in [0.25, 0.3) is 11.4 Å². The van der Waals surface area contributed by atoms with Crippen LogP contribution >= 0.6 is 0 Å². The Bertz CT molecular complexity index is 1130. The van der Waals surface area contributed by atoms with Crippen molar-refractivity contribution in [2.24, 2.45) is 0 Å². The van der Waals surface area contributed by atoms with Crippen molar-refractivity contribution in [2.75, 3.05) is 106 Å². The van der Waals surface area contributed by atoms with E-state index in [9.17, 15) is 14.4 Å². The molecule has 2 aromatic rings. The number of ether oxygens (including phenoxy) is 7. The van der Waals surface area contributed by atoms with Crippen LogP contribution in [0.5, 0.6) is 0 Å². The topological polar surface area (TPSA) is 224 Å². The van der Waals surface area contributed by atoms with E-state index in [-0.39, 0.29) is 31.2 Å². The zero-order valence-corrected chi connectivity index (χ0v) is 27.8. The molecular formula is C31H49N7O11. The highest BCUT2D eigenvalue weighted by Crippen LogP contribution is 2.13. The second kappa shape index (κ2) is 29.0. The lowest BCUT2D eigenvalue weighted by Crippen LogP contribution is -2.28. The van der Waals surface area contributed by atoms with E-state index in [1.165, 1.54) is 6.33 Å². The normalized spacial score (nSPS) is 10.9. The molecule has 0 aliphatic carbocycles. The molecule has 274 valence electrons. The monoisotopic (exact) mass is 695 g/mol. The minimum atomic E-state index is -1.07. The Labute approximate surface area is 285 Å². The molecule has 0 unspecified atom stereocenters. The summed E-state index contributed by atoms with van der Waals surface area (Å²) in [5.41, 5.74) is 1.71. The molecule has 1 aromatic heterocycles. The van der Waals surface area contributed by atoms with E-state index in [0.717, 1.165) is 11.1 Å². The summed E-state index contributed by atoms with van der Waals surface area (Å²) >= 11 is 0. The van der Waals surface area contributed by atoms with Gasteiger partial charge in [-0.05, 0) is 12.0 Å². The molecule has 1 heterocycles. The number of aromatic nitrogens is 4. The van der Waals surface area contributed by atoms with Crippen molar-refractivity contribution >= 4 is 17.9 Å². The van der Waals surface area contributed by atoms with Gasteiger partial charge in [-0.2, -0.15) is 0 Å². The molecule has 18 nitrogen and oxygen atoms in total. The SMILES string of the molecule is O=C(O)NCCOCCOCCOCCOCCOCCOCCOCCNC(=O)CCCC(=O)NCc1ccc(-c2nncnn2)cc1. The van der Waals surface area contributed by atoms with Crippen molar-refractivity contribution in [3.8, 4) is 11.4 Å². The summed E-state index contributed by atoms with van der Waals surface area (Å²) in [6.07, 6.45) is 1.17. The summed E-state index contributed by atoms with van der Waals surface area (Å²) in [5, 5.41) is 31.5. The van der Waals surface area contributed by atoms with Crippen LogP contribution in [-0.4, -0.2) is 149 Å². The van der Waals surface area contributed by atoms with Crippen molar-refractivity contribution in [1.29, 1.82) is 0 Å². The summed E-state index contributed by atoms with van der Waals surface area (Å²) in [6.45, 7) is 6.89. The molecule has 0 bridgehead atoms. The second-order valence-electron chi connectivity index (χ2n) is 10.1. The summed E-state index contributed by atoms with van der Waals surface area (Å²) in [7, 11) is 0. The number of hydrogen-bond donors (Lipinski definition) is 4. The van der Waals surface area contributed by atoms with E-state index in [2.05, 4.69) is 36.3 Å². The second-order valence-corrected chi connectivity index (χ2v) is 10.1. The molecule has 0 radical (unpaired) electrons. The summed E-state index contributed by atoms with van der Waals surface area (Å²) < 4.78 is 37.7. The van der Waals surface area contributed by atoms with Gasteiger partial charge in [0.2, 0.25) is 17.6 Å². The fraction of sp³-hybridized carbons (Fsp3) is 0.645. The molecule has 0 aliphatic heterocycles. The van der Waals surface area contributed by atoms with Crippen LogP contribution in [0.3, 0.4) is 0 Å². The first-order chi connectivity index (χ1) is 24.0. The number of nitrogens with one attached hydrogen (secondary N) is 3. The average molecular weight is 696 g/mol. The first kappa shape index (κ1) is 41.3. The largest absolute Gasteiger partial charge is 0.465 e. The van der Waals surface area contributed by atoms with E-state index in [1.807, 2.05) is 24.3 Å². The molecule has 18 heteroatoms. The van der Waals surface area contributed by atoms with Crippen LogP contribution in [0, 0.1) is 0 Å². The number of rotatable bonds is 31. The Morgan fingerprint density at radius 3 is 1.41 bits per heavy atom. The predicted octanol–water partition coefficient (Wildman–Crippen LogP) is 0.220. The Kier molecular flexibility index (Phi) is 24.5. The van der Waals surface area contributed by atoms with Gasteiger partial charge in [-0.1, -0.05) is 24.3 Å². The number of carbonyl (C=O) groups excluding carboxylic acids is 2. The van der Waals surface area contributed by atoms with Crippen LogP contribution in [0.2, 0.25) is 0 Å². The molecule has 49 heavy (non-hydrogen) atoms. The smallest absolute Gasteiger partial charge is 0.404 e. The van der Waals surface area contributed by atoms with Gasteiger partial charge in [0.1, 0.15) is 0 Å². The molecular weight excluding hydrogens is 646 g/mol. The Hall–Kier alpha value is -3.91. The number of benzene rings is 1. The lowest BCUT2D eigenvalue weighted by atomic mass is 10.1. The molecule has 2 rings (SSSR count). The van der Waals surface area contributed by atoms with Gasteiger partial charge in [-0.15, -0.1) is 20.4 Å². The number of nitrogens with zero attached hydrogens (tertiary/aromatic N) is 4. The standard InChI is InChI=1S/C31H49N7O11/c39-28(2-1-3-29(40)34-24-26-4-6-27(7-5-26)30-37-35-25-36-38-30)32-8-10-43-12-14-45-16-18-47-20-22-49-23-21-48-19-17-46-15-13-44-11-9-33-31(41)42/h4-7,25,33H,1-3,8-24H2,(H,32,39)(H,34,40)(H,41,42). The molecule has 1 aromatic carbocycles. The van der Waals surface area contributed by atoms with Gasteiger partial charge in [-0.25, -0.2) is 4.79 Å². The maximum absolute atomic E-state index is 12.1. The average Bonchev–Trinajstić information content (AvgIpc) is 3.11. The molecule has 0 saturated carbocycles. The summed E-state index contributed by atoms with van der Waals surface area (Å²) in [4.78, 5) is 34.4. The van der Waals surface area contributed by atoms with E-state index in [4.69, 9.17) is 38.3 Å². The van der Waals surface area contributed by atoms with E-state index < -0.39 is 6.09 Å². The highest BCUT2D eigenvalue weighted by Gasteiger charge is 2.07. The zero-order chi connectivity index (χ0) is 35.0. The first-order valence-corrected chi connectivity index (χ1v) is 16.2. The third kappa shape index (κ3) is 24.0. The van der Waals surface area contributed by atoms with Gasteiger partial charge in [0.15, 0.2) is 6.33 Å². The van der Waals surface area contributed by atoms with Gasteiger partial charge in [0.25, 0.3) is 0 Å². The van der Waals surface area contributed by atoms with Crippen LogP contribution in [0.4, 0.5) is 4.79 Å². The summed E-state index contributed by atoms with van der Waals surface area (Å²) in [5.74, 6) is 0.186. The Morgan fingerprint density at radius 1 is 0.551 bits per heavy atom. The maximum atomic E-state index is 12.1. The number of carbonyl (C=O) groups is 3. The van der Waals surface area contributed by atoms with Gasteiger partial charge < -0.3 is 54.2 Å². The quantitative estimate of drug-likeness (QED) is 0.0775. The molecule has 0 spiro atoms. The van der Waals surface area contributed by atoms with Gasteiger partial charge in [0, 0.05) is 38.0 Å². The van der Waals surface area contributed by atoms with Crippen LogP contribution in [0.1, 0.15) is 24.8 Å². The molecule has 3 amide bonds. The van der Waals surface area contributed by atoms with Crippen molar-refractivity contribution in [3.63, 3.8) is 0 Å². The van der Waals surface area contributed by atoms with Crippen LogP contribution < -0.4 is 16.0 Å². The zero-order valence-electron chi connectivity index (χ0n) is 27.8. The lowest BCUT2D eigenvalue weighted by molar-refractivity contribution is -0.122. The van der Waals surface area contributed by atoms with Gasteiger partial charge in [-0.3, -0.25) is 9.59 Å². The lowest BCUT2D eigenvalue weighted by Gasteiger charge is -2.09. The number of hydrogen-bond acceptors (Lipinski definition) is 14. The van der Waals surface area contributed by atoms with Crippen LogP contribution in [0.15, 0.2) is 30.6 Å². The number of carboxylic acid groups (broad SMARTS) is 1. The van der Waals surface area contributed by atoms with Crippen molar-refractivity contribution in [2.45, 2.75) is 25.8 Å². The molecule has 4 N–H and O–H groups in total. The van der Waals surface area contributed by atoms with E-state index in [1.54, 1.807) is 0 Å². The molecule has 0 saturated heterocycles. The third-order valence-corrected chi connectivity index (χ3v) is 6.24. The van der Waals surface area contributed by atoms with Crippen molar-refractivity contribution < 1.29 is 52.6 Å². The van der Waals surface area contributed by atoms with E-state index in [0.29, 0.717) is 118 Å². The Morgan fingerprint density at radius 2 is 0.959 bits per heavy atom. The molecule has 0 atom stereocenters. The molecule has 0 aliphatic rings. The highest BCUT2D eigenvalue weighted by atomic mass is 16.6. The fourth-order valence-electron chi connectivity index (χ4n) is 3.79. The van der Waals surface area contributed by atoms with Gasteiger partial charge in [0.05, 0.1) is 92.5 Å². The van der Waals surface area contributed by atoms with Gasteiger partial charge >= 0.3 is 6.09 Å². The number of amides is 3. The van der Waals surface area contributed by atoms with E-state index >= 15 is 0 Å². The van der Waals surface area contributed by atoms with Crippen molar-refractivity contribution in [1.82, 2.24) is 36.3 Å². The highest BCUT2D eigenvalue weighted by molar-refractivity contribution is 5.78. The predicted molar refractivity (Wildman–Crippen MR) is 174 cm³/mol. The van der Waals surface area contributed by atoms with Crippen molar-refractivity contribution in [3.05, 3.63) is 36.2 Å². The third-order valence-electron chi connectivity index (χ3n) is 6.24. The minimum absolute atomic E-state index is 0.120. The maximum Gasteiger partial charge on any atom is 0.404 e. The molecule has 0 fully saturated rings. The first-order valence-electron chi connectivity index (χ1n) is 16.2. The summed E-state index contributed by atoms with van der Waals surface area (Å²) in [6, 6.07) is 7.43. The van der Waals surface area contributed by atoms with Crippen LogP contribution in [-0.2, 0) is 49.3 Å². The Balaban J connectivity index is 1.25. The fourth-order valence-corrected chi connectivity index (χ4v) is 3.79.